The topological polar surface area (TPSA) is 93.7 Å². The minimum absolute atomic E-state index is 0.283. The third kappa shape index (κ3) is 3.78. The van der Waals surface area contributed by atoms with Crippen LogP contribution < -0.4 is 5.32 Å². The molecule has 0 radical (unpaired) electrons. The lowest BCUT2D eigenvalue weighted by Crippen LogP contribution is -2.26. The Morgan fingerprint density at radius 3 is 2.73 bits per heavy atom. The average Bonchev–Trinajstić information content (AvgIpc) is 3.30. The number of anilines is 2. The quantitative estimate of drug-likeness (QED) is 0.571. The molecule has 4 heterocycles. The number of likely N-dealkylation sites (N-methyl/N-ethyl adjacent to an activating group) is 1. The van der Waals surface area contributed by atoms with Crippen LogP contribution in [0, 0.1) is 0 Å². The van der Waals surface area contributed by atoms with Crippen molar-refractivity contribution in [2.75, 3.05) is 32.1 Å². The van der Waals surface area contributed by atoms with Gasteiger partial charge in [-0.15, -0.1) is 22.7 Å². The molecule has 1 aliphatic heterocycles. The largest absolute Gasteiger partial charge is 0.462 e. The number of carbonyl (C=O) groups is 2. The van der Waals surface area contributed by atoms with Gasteiger partial charge >= 0.3 is 11.9 Å². The van der Waals surface area contributed by atoms with E-state index in [1.165, 1.54) is 29.0 Å². The number of hydrogen-bond acceptors (Lipinski definition) is 10. The molecule has 8 nitrogen and oxygen atoms in total. The monoisotopic (exact) mass is 446 g/mol. The molecule has 0 aromatic carbocycles. The lowest BCUT2D eigenvalue weighted by atomic mass is 10.0. The molecule has 0 saturated heterocycles. The Hall–Kier alpha value is -2.56. The van der Waals surface area contributed by atoms with Crippen molar-refractivity contribution in [2.24, 2.45) is 0 Å². The normalized spacial score (nSPS) is 13.8. The number of ether oxygens (including phenoxy) is 2. The zero-order chi connectivity index (χ0) is 21.3. The van der Waals surface area contributed by atoms with E-state index in [9.17, 15) is 9.59 Å². The molecule has 3 aromatic heterocycles. The summed E-state index contributed by atoms with van der Waals surface area (Å²) >= 11 is 2.88. The number of aromatic nitrogens is 2. The summed E-state index contributed by atoms with van der Waals surface area (Å²) in [6.07, 6.45) is 2.23. The molecule has 30 heavy (non-hydrogen) atoms. The van der Waals surface area contributed by atoms with Crippen LogP contribution >= 0.6 is 22.7 Å². The van der Waals surface area contributed by atoms with Crippen molar-refractivity contribution in [1.82, 2.24) is 14.9 Å². The fourth-order valence-electron chi connectivity index (χ4n) is 3.48. The zero-order valence-corrected chi connectivity index (χ0v) is 18.6. The number of rotatable bonds is 6. The van der Waals surface area contributed by atoms with Gasteiger partial charge in [0.15, 0.2) is 0 Å². The molecule has 4 rings (SSSR count). The number of fused-ring (bicyclic) bond motifs is 2. The van der Waals surface area contributed by atoms with Crippen LogP contribution in [0.2, 0.25) is 0 Å². The SMILES string of the molecule is CCOC(=O)c1c(Nc2ncnc3scc(C(=O)OCC)c23)sc2c1CCN(C)C2. The van der Waals surface area contributed by atoms with E-state index < -0.39 is 5.97 Å². The molecule has 1 aliphatic rings. The van der Waals surface area contributed by atoms with Crippen molar-refractivity contribution in [1.29, 1.82) is 0 Å². The van der Waals surface area contributed by atoms with Gasteiger partial charge in [-0.3, -0.25) is 0 Å². The Kier molecular flexibility index (Phi) is 5.98. The summed E-state index contributed by atoms with van der Waals surface area (Å²) < 4.78 is 10.5. The van der Waals surface area contributed by atoms with Crippen LogP contribution in [-0.4, -0.2) is 53.6 Å². The van der Waals surface area contributed by atoms with Crippen molar-refractivity contribution in [3.05, 3.63) is 33.3 Å². The Morgan fingerprint density at radius 2 is 1.97 bits per heavy atom. The molecule has 0 spiro atoms. The summed E-state index contributed by atoms with van der Waals surface area (Å²) in [6, 6.07) is 0. The summed E-state index contributed by atoms with van der Waals surface area (Å²) in [6.45, 7) is 5.80. The molecule has 158 valence electrons. The maximum atomic E-state index is 12.8. The third-order valence-corrected chi connectivity index (χ3v) is 6.84. The molecule has 0 unspecified atom stereocenters. The standard InChI is InChI=1S/C20H22N4O4S2/c1-4-27-19(25)12-9-29-17-14(12)16(21-10-22-17)23-18-15(20(26)28-5-2)11-6-7-24(3)8-13(11)30-18/h9-10H,4-8H2,1-3H3,(H,21,22,23). The van der Waals surface area contributed by atoms with Gasteiger partial charge < -0.3 is 19.7 Å². The van der Waals surface area contributed by atoms with Crippen molar-refractivity contribution in [2.45, 2.75) is 26.8 Å². The van der Waals surface area contributed by atoms with Gasteiger partial charge in [0.05, 0.1) is 29.7 Å². The molecule has 0 fully saturated rings. The van der Waals surface area contributed by atoms with E-state index in [-0.39, 0.29) is 12.6 Å². The van der Waals surface area contributed by atoms with Gasteiger partial charge in [-0.2, -0.15) is 0 Å². The van der Waals surface area contributed by atoms with Crippen LogP contribution in [0.15, 0.2) is 11.7 Å². The predicted molar refractivity (Wildman–Crippen MR) is 117 cm³/mol. The maximum absolute atomic E-state index is 12.8. The molecular formula is C20H22N4O4S2. The lowest BCUT2D eigenvalue weighted by molar-refractivity contribution is 0.0517. The lowest BCUT2D eigenvalue weighted by Gasteiger charge is -2.22. The van der Waals surface area contributed by atoms with E-state index in [4.69, 9.17) is 9.47 Å². The van der Waals surface area contributed by atoms with Crippen LogP contribution in [-0.2, 0) is 22.4 Å². The van der Waals surface area contributed by atoms with Gasteiger partial charge in [0.25, 0.3) is 0 Å². The van der Waals surface area contributed by atoms with E-state index in [2.05, 4.69) is 27.2 Å². The summed E-state index contributed by atoms with van der Waals surface area (Å²) in [7, 11) is 2.06. The highest BCUT2D eigenvalue weighted by molar-refractivity contribution is 7.17. The first-order chi connectivity index (χ1) is 14.5. The van der Waals surface area contributed by atoms with Crippen molar-refractivity contribution < 1.29 is 19.1 Å². The van der Waals surface area contributed by atoms with Crippen LogP contribution in [0.1, 0.15) is 45.0 Å². The van der Waals surface area contributed by atoms with E-state index >= 15 is 0 Å². The predicted octanol–water partition coefficient (Wildman–Crippen LogP) is 3.84. The highest BCUT2D eigenvalue weighted by Crippen LogP contribution is 2.40. The highest BCUT2D eigenvalue weighted by atomic mass is 32.1. The molecule has 0 aliphatic carbocycles. The molecule has 3 aromatic rings. The number of nitrogens with zero attached hydrogens (tertiary/aromatic N) is 3. The van der Waals surface area contributed by atoms with E-state index in [1.807, 2.05) is 0 Å². The summed E-state index contributed by atoms with van der Waals surface area (Å²) in [5.74, 6) is -0.288. The van der Waals surface area contributed by atoms with Crippen LogP contribution in [0.3, 0.4) is 0 Å². The zero-order valence-electron chi connectivity index (χ0n) is 17.0. The first kappa shape index (κ1) is 20.7. The fourth-order valence-corrected chi connectivity index (χ4v) is 5.67. The minimum atomic E-state index is -0.417. The Morgan fingerprint density at radius 1 is 1.20 bits per heavy atom. The van der Waals surface area contributed by atoms with Crippen molar-refractivity contribution >= 4 is 55.6 Å². The Bertz CT molecular complexity index is 1110. The first-order valence-corrected chi connectivity index (χ1v) is 11.4. The first-order valence-electron chi connectivity index (χ1n) is 9.70. The Labute approximate surface area is 181 Å². The Balaban J connectivity index is 1.79. The number of carbonyl (C=O) groups excluding carboxylic acids is 2. The van der Waals surface area contributed by atoms with Gasteiger partial charge in [0.1, 0.15) is 22.0 Å². The molecule has 0 atom stereocenters. The van der Waals surface area contributed by atoms with Crippen molar-refractivity contribution in [3.63, 3.8) is 0 Å². The van der Waals surface area contributed by atoms with Gasteiger partial charge in [-0.05, 0) is 32.9 Å². The van der Waals surface area contributed by atoms with Gasteiger partial charge in [-0.25, -0.2) is 19.6 Å². The molecule has 0 saturated carbocycles. The van der Waals surface area contributed by atoms with E-state index in [0.717, 1.165) is 30.0 Å². The second-order valence-electron chi connectivity index (χ2n) is 6.81. The van der Waals surface area contributed by atoms with Gasteiger partial charge in [-0.1, -0.05) is 0 Å². The number of hydrogen-bond donors (Lipinski definition) is 1. The van der Waals surface area contributed by atoms with Crippen LogP contribution in [0.5, 0.6) is 0 Å². The average molecular weight is 447 g/mol. The van der Waals surface area contributed by atoms with E-state index in [0.29, 0.717) is 38.8 Å². The molecule has 0 amide bonds. The van der Waals surface area contributed by atoms with E-state index in [1.54, 1.807) is 19.2 Å². The fraction of sp³-hybridized carbons (Fsp3) is 0.400. The second-order valence-corrected chi connectivity index (χ2v) is 8.78. The highest BCUT2D eigenvalue weighted by Gasteiger charge is 2.29. The second kappa shape index (κ2) is 8.66. The van der Waals surface area contributed by atoms with Gasteiger partial charge in [0.2, 0.25) is 0 Å². The smallest absolute Gasteiger partial charge is 0.341 e. The summed E-state index contributed by atoms with van der Waals surface area (Å²) in [5, 5.41) is 6.29. The number of thiophene rings is 2. The maximum Gasteiger partial charge on any atom is 0.341 e. The third-order valence-electron chi connectivity index (χ3n) is 4.82. The summed E-state index contributed by atoms with van der Waals surface area (Å²) in [4.78, 5) is 37.8. The molecule has 1 N–H and O–H groups in total. The number of nitrogens with one attached hydrogen (secondary N) is 1. The van der Waals surface area contributed by atoms with Gasteiger partial charge in [0, 0.05) is 23.3 Å². The molecule has 10 heteroatoms. The van der Waals surface area contributed by atoms with Crippen LogP contribution in [0.4, 0.5) is 10.8 Å². The molecular weight excluding hydrogens is 424 g/mol. The minimum Gasteiger partial charge on any atom is -0.462 e. The number of esters is 2. The summed E-state index contributed by atoms with van der Waals surface area (Å²) in [5.41, 5.74) is 2.00. The van der Waals surface area contributed by atoms with Crippen LogP contribution in [0.25, 0.3) is 10.2 Å². The van der Waals surface area contributed by atoms with Crippen molar-refractivity contribution in [3.8, 4) is 0 Å². The molecule has 0 bridgehead atoms.